The van der Waals surface area contributed by atoms with Crippen molar-refractivity contribution < 1.29 is 9.53 Å². The second-order valence-electron chi connectivity index (χ2n) is 5.96. The maximum Gasteiger partial charge on any atom is 0.330 e. The first-order chi connectivity index (χ1) is 7.80. The molecule has 0 spiro atoms. The maximum atomic E-state index is 11.9. The molecule has 0 aromatic rings. The van der Waals surface area contributed by atoms with Crippen molar-refractivity contribution >= 4 is 23.3 Å². The highest BCUT2D eigenvalue weighted by atomic mass is 32.1. The molecule has 17 heavy (non-hydrogen) atoms. The van der Waals surface area contributed by atoms with Crippen LogP contribution in [0, 0.1) is 5.92 Å². The molecule has 2 heterocycles. The molecule has 2 atom stereocenters. The third-order valence-corrected chi connectivity index (χ3v) is 3.54. The van der Waals surface area contributed by atoms with Gasteiger partial charge in [-0.25, -0.2) is 4.79 Å². The molecule has 0 radical (unpaired) electrons. The van der Waals surface area contributed by atoms with E-state index in [1.54, 1.807) is 0 Å². The fourth-order valence-corrected chi connectivity index (χ4v) is 3.02. The van der Waals surface area contributed by atoms with Crippen molar-refractivity contribution in [3.63, 3.8) is 0 Å². The molecule has 0 aromatic carbocycles. The Labute approximate surface area is 108 Å². The van der Waals surface area contributed by atoms with E-state index in [-0.39, 0.29) is 23.8 Å². The van der Waals surface area contributed by atoms with Crippen LogP contribution in [0.15, 0.2) is 0 Å². The van der Waals surface area contributed by atoms with Gasteiger partial charge >= 0.3 is 5.97 Å². The molecule has 2 aliphatic rings. The number of hydrogen-bond donors (Lipinski definition) is 1. The van der Waals surface area contributed by atoms with Gasteiger partial charge in [-0.1, -0.05) is 13.8 Å². The Hall–Kier alpha value is -0.840. The van der Waals surface area contributed by atoms with Crippen molar-refractivity contribution in [2.24, 2.45) is 5.92 Å². The maximum absolute atomic E-state index is 11.9. The molecule has 96 valence electrons. The van der Waals surface area contributed by atoms with E-state index in [9.17, 15) is 4.79 Å². The summed E-state index contributed by atoms with van der Waals surface area (Å²) in [5, 5.41) is 3.92. The normalized spacial score (nSPS) is 31.2. The zero-order chi connectivity index (χ0) is 12.8. The van der Waals surface area contributed by atoms with E-state index in [1.807, 2.05) is 4.90 Å². The Kier molecular flexibility index (Phi) is 3.06. The lowest BCUT2D eigenvalue weighted by molar-refractivity contribution is -0.143. The highest BCUT2D eigenvalue weighted by Gasteiger charge is 2.49. The summed E-state index contributed by atoms with van der Waals surface area (Å²) in [7, 11) is 0. The number of carbonyl (C=O) groups is 1. The summed E-state index contributed by atoms with van der Waals surface area (Å²) in [6, 6.07) is -0.212. The minimum atomic E-state index is -0.212. The van der Waals surface area contributed by atoms with E-state index in [0.29, 0.717) is 11.0 Å². The predicted molar refractivity (Wildman–Crippen MR) is 69.4 cm³/mol. The van der Waals surface area contributed by atoms with Gasteiger partial charge in [0.05, 0.1) is 0 Å². The third-order valence-electron chi connectivity index (χ3n) is 3.23. The Balaban J connectivity index is 2.19. The molecule has 5 heteroatoms. The number of nitrogens with zero attached hydrogens (tertiary/aromatic N) is 1. The summed E-state index contributed by atoms with van der Waals surface area (Å²) in [5.74, 6) is 0.314. The Morgan fingerprint density at radius 3 is 2.82 bits per heavy atom. The van der Waals surface area contributed by atoms with Crippen LogP contribution in [0.1, 0.15) is 40.5 Å². The molecule has 0 bridgehead atoms. The first-order valence-electron chi connectivity index (χ1n) is 6.11. The average molecular weight is 256 g/mol. The van der Waals surface area contributed by atoms with Gasteiger partial charge in [-0.3, -0.25) is 4.90 Å². The Bertz CT molecular complexity index is 354. The summed E-state index contributed by atoms with van der Waals surface area (Å²) in [4.78, 5) is 13.8. The lowest BCUT2D eigenvalue weighted by Crippen LogP contribution is -2.61. The highest BCUT2D eigenvalue weighted by Crippen LogP contribution is 2.32. The van der Waals surface area contributed by atoms with Gasteiger partial charge in [0.15, 0.2) is 11.3 Å². The zero-order valence-corrected chi connectivity index (χ0v) is 11.6. The van der Waals surface area contributed by atoms with E-state index < -0.39 is 0 Å². The van der Waals surface area contributed by atoms with Crippen molar-refractivity contribution in [3.8, 4) is 0 Å². The first kappa shape index (κ1) is 12.6. The van der Waals surface area contributed by atoms with Crippen LogP contribution in [0.3, 0.4) is 0 Å². The fourth-order valence-electron chi connectivity index (χ4n) is 2.49. The summed E-state index contributed by atoms with van der Waals surface area (Å²) < 4.78 is 5.44. The number of thiocarbonyl (C=S) groups is 1. The average Bonchev–Trinajstić information content (AvgIpc) is 2.39. The molecule has 0 aliphatic carbocycles. The number of carbonyl (C=O) groups excluding carboxylic acids is 1. The van der Waals surface area contributed by atoms with Crippen LogP contribution in [-0.2, 0) is 9.53 Å². The van der Waals surface area contributed by atoms with Gasteiger partial charge < -0.3 is 10.1 Å². The van der Waals surface area contributed by atoms with Gasteiger partial charge in [-0.2, -0.15) is 0 Å². The number of esters is 1. The minimum absolute atomic E-state index is 0.106. The van der Waals surface area contributed by atoms with Crippen LogP contribution in [0.4, 0.5) is 0 Å². The lowest BCUT2D eigenvalue weighted by atomic mass is 9.96. The van der Waals surface area contributed by atoms with Crippen LogP contribution >= 0.6 is 12.2 Å². The summed E-state index contributed by atoms with van der Waals surface area (Å²) in [5.41, 5.74) is -0.106. The summed E-state index contributed by atoms with van der Waals surface area (Å²) in [6.45, 7) is 8.34. The zero-order valence-electron chi connectivity index (χ0n) is 10.8. The second-order valence-corrected chi connectivity index (χ2v) is 6.35. The lowest BCUT2D eigenvalue weighted by Gasteiger charge is -2.42. The van der Waals surface area contributed by atoms with E-state index >= 15 is 0 Å². The van der Waals surface area contributed by atoms with E-state index in [1.165, 1.54) is 0 Å². The standard InChI is InChI=1S/C12H20N2O2S/c1-7(2)5-8-10(15)16-9-6-12(3,4)13-11(17)14(8)9/h7-9H,5-6H2,1-4H3,(H,13,17)/t8-,9+/m0/s1. The molecule has 0 aromatic heterocycles. The quantitative estimate of drug-likeness (QED) is 0.601. The Morgan fingerprint density at radius 2 is 2.24 bits per heavy atom. The summed E-state index contributed by atoms with van der Waals surface area (Å²) >= 11 is 5.36. The second kappa shape index (κ2) is 4.12. The van der Waals surface area contributed by atoms with Crippen LogP contribution in [-0.4, -0.2) is 33.8 Å². The van der Waals surface area contributed by atoms with Gasteiger partial charge in [-0.15, -0.1) is 0 Å². The number of hydrogen-bond acceptors (Lipinski definition) is 3. The molecule has 2 saturated heterocycles. The molecule has 0 saturated carbocycles. The largest absolute Gasteiger partial charge is 0.440 e. The molecule has 2 fully saturated rings. The van der Waals surface area contributed by atoms with Gasteiger partial charge in [0.25, 0.3) is 0 Å². The fraction of sp³-hybridized carbons (Fsp3) is 0.833. The molecule has 0 amide bonds. The monoisotopic (exact) mass is 256 g/mol. The number of nitrogens with one attached hydrogen (secondary N) is 1. The van der Waals surface area contributed by atoms with Crippen LogP contribution in [0.2, 0.25) is 0 Å². The molecule has 2 aliphatic heterocycles. The highest BCUT2D eigenvalue weighted by molar-refractivity contribution is 7.80. The molecular formula is C12H20N2O2S. The van der Waals surface area contributed by atoms with Crippen molar-refractivity contribution in [3.05, 3.63) is 0 Å². The van der Waals surface area contributed by atoms with Crippen LogP contribution in [0.25, 0.3) is 0 Å². The first-order valence-corrected chi connectivity index (χ1v) is 6.52. The van der Waals surface area contributed by atoms with Crippen molar-refractivity contribution in [1.29, 1.82) is 0 Å². The van der Waals surface area contributed by atoms with Crippen LogP contribution < -0.4 is 5.32 Å². The molecule has 0 unspecified atom stereocenters. The van der Waals surface area contributed by atoms with Crippen molar-refractivity contribution in [2.45, 2.75) is 58.3 Å². The summed E-state index contributed by atoms with van der Waals surface area (Å²) in [6.07, 6.45) is 1.38. The molecule has 4 nitrogen and oxygen atoms in total. The van der Waals surface area contributed by atoms with Gasteiger partial charge in [0.1, 0.15) is 6.04 Å². The number of fused-ring (bicyclic) bond motifs is 1. The third kappa shape index (κ3) is 2.39. The van der Waals surface area contributed by atoms with Crippen LogP contribution in [0.5, 0.6) is 0 Å². The smallest absolute Gasteiger partial charge is 0.330 e. The predicted octanol–water partition coefficient (Wildman–Crippen LogP) is 1.64. The number of ether oxygens (including phenoxy) is 1. The van der Waals surface area contributed by atoms with E-state index in [0.717, 1.165) is 12.8 Å². The Morgan fingerprint density at radius 1 is 1.59 bits per heavy atom. The van der Waals surface area contributed by atoms with Crippen molar-refractivity contribution in [1.82, 2.24) is 10.2 Å². The SMILES string of the molecule is CC(C)C[C@H]1C(=O)O[C@@H]2CC(C)(C)NC(=S)N21. The van der Waals surface area contributed by atoms with Gasteiger partial charge in [0.2, 0.25) is 0 Å². The molecular weight excluding hydrogens is 236 g/mol. The van der Waals surface area contributed by atoms with E-state index in [2.05, 4.69) is 33.0 Å². The number of rotatable bonds is 2. The van der Waals surface area contributed by atoms with Gasteiger partial charge in [-0.05, 0) is 38.4 Å². The molecule has 2 rings (SSSR count). The molecule has 1 N–H and O–H groups in total. The van der Waals surface area contributed by atoms with E-state index in [4.69, 9.17) is 17.0 Å². The topological polar surface area (TPSA) is 41.6 Å². The van der Waals surface area contributed by atoms with Crippen molar-refractivity contribution in [2.75, 3.05) is 0 Å². The van der Waals surface area contributed by atoms with Gasteiger partial charge in [0, 0.05) is 12.0 Å². The minimum Gasteiger partial charge on any atom is -0.440 e.